The highest BCUT2D eigenvalue weighted by atomic mass is 35.5. The Labute approximate surface area is 165 Å². The number of carbonyl (C=O) groups is 1. The summed E-state index contributed by atoms with van der Waals surface area (Å²) in [5.74, 6) is -0.769. The first kappa shape index (κ1) is 19.3. The fourth-order valence-electron chi connectivity index (χ4n) is 2.52. The topological polar surface area (TPSA) is 59.4 Å². The third kappa shape index (κ3) is 4.64. The predicted molar refractivity (Wildman–Crippen MR) is 105 cm³/mol. The lowest BCUT2D eigenvalue weighted by Crippen LogP contribution is -1.99. The van der Waals surface area contributed by atoms with Crippen LogP contribution in [0.4, 0.5) is 4.39 Å². The molecule has 0 fully saturated rings. The molecule has 7 heteroatoms. The molecule has 0 aliphatic heterocycles. The van der Waals surface area contributed by atoms with Crippen LogP contribution in [0.25, 0.3) is 21.8 Å². The number of ether oxygens (including phenoxy) is 1. The maximum Gasteiger partial charge on any atom is 0.308 e. The van der Waals surface area contributed by atoms with Crippen molar-refractivity contribution < 1.29 is 19.0 Å². The third-order valence-corrected chi connectivity index (χ3v) is 5.19. The van der Waals surface area contributed by atoms with Crippen molar-refractivity contribution in [3.63, 3.8) is 0 Å². The highest BCUT2D eigenvalue weighted by Crippen LogP contribution is 2.35. The average molecular weight is 406 g/mol. The van der Waals surface area contributed by atoms with Gasteiger partial charge in [-0.3, -0.25) is 4.79 Å². The summed E-state index contributed by atoms with van der Waals surface area (Å²) in [4.78, 5) is 16.4. The highest BCUT2D eigenvalue weighted by molar-refractivity contribution is 7.15. The molecule has 4 nitrogen and oxygen atoms in total. The highest BCUT2D eigenvalue weighted by Gasteiger charge is 2.18. The molecule has 0 radical (unpaired) electrons. The predicted octanol–water partition coefficient (Wildman–Crippen LogP) is 5.69. The van der Waals surface area contributed by atoms with Crippen LogP contribution in [-0.2, 0) is 11.2 Å². The molecular formula is C20H17ClFNO3S. The number of aromatic nitrogens is 1. The summed E-state index contributed by atoms with van der Waals surface area (Å²) in [5, 5.41) is 9.88. The van der Waals surface area contributed by atoms with E-state index in [1.165, 1.54) is 23.5 Å². The van der Waals surface area contributed by atoms with Gasteiger partial charge in [0.1, 0.15) is 16.6 Å². The van der Waals surface area contributed by atoms with Crippen LogP contribution in [0.15, 0.2) is 42.5 Å². The summed E-state index contributed by atoms with van der Waals surface area (Å²) < 4.78 is 19.4. The monoisotopic (exact) mass is 405 g/mol. The van der Waals surface area contributed by atoms with Gasteiger partial charge in [0.15, 0.2) is 0 Å². The number of nitrogens with zero attached hydrogens (tertiary/aromatic N) is 1. The van der Waals surface area contributed by atoms with Crippen molar-refractivity contribution in [3.8, 4) is 27.6 Å². The summed E-state index contributed by atoms with van der Waals surface area (Å²) in [6.07, 6.45) is 0.739. The first-order valence-electron chi connectivity index (χ1n) is 8.38. The minimum Gasteiger partial charge on any atom is -0.494 e. The third-order valence-electron chi connectivity index (χ3n) is 3.78. The first-order chi connectivity index (χ1) is 13.0. The molecule has 0 spiro atoms. The second-order valence-electron chi connectivity index (χ2n) is 5.86. The van der Waals surface area contributed by atoms with Crippen molar-refractivity contribution in [3.05, 3.63) is 58.2 Å². The second kappa shape index (κ2) is 8.50. The Morgan fingerprint density at radius 1 is 1.22 bits per heavy atom. The van der Waals surface area contributed by atoms with Crippen molar-refractivity contribution in [2.45, 2.75) is 19.8 Å². The summed E-state index contributed by atoms with van der Waals surface area (Å²) >= 11 is 7.03. The van der Waals surface area contributed by atoms with Crippen molar-refractivity contribution in [2.75, 3.05) is 6.61 Å². The van der Waals surface area contributed by atoms with Gasteiger partial charge < -0.3 is 9.84 Å². The Kier molecular flexibility index (Phi) is 6.08. The molecule has 0 aliphatic rings. The van der Waals surface area contributed by atoms with Gasteiger partial charge >= 0.3 is 5.97 Å². The Morgan fingerprint density at radius 2 is 1.93 bits per heavy atom. The zero-order valence-corrected chi connectivity index (χ0v) is 16.1. The van der Waals surface area contributed by atoms with Gasteiger partial charge in [-0.2, -0.15) is 0 Å². The molecule has 0 saturated carbocycles. The van der Waals surface area contributed by atoms with E-state index in [0.717, 1.165) is 17.7 Å². The quantitative estimate of drug-likeness (QED) is 0.549. The fourth-order valence-corrected chi connectivity index (χ4v) is 3.71. The van der Waals surface area contributed by atoms with Crippen LogP contribution < -0.4 is 4.74 Å². The molecule has 27 heavy (non-hydrogen) atoms. The van der Waals surface area contributed by atoms with Crippen LogP contribution in [-0.4, -0.2) is 22.7 Å². The molecule has 0 amide bonds. The van der Waals surface area contributed by atoms with E-state index in [9.17, 15) is 14.3 Å². The van der Waals surface area contributed by atoms with Crippen LogP contribution in [0.5, 0.6) is 5.75 Å². The standard InChI is InChI=1S/C20H17ClFNO3S/c1-2-9-26-14-6-3-12(4-7-14)20-23-19(17(27-20)11-18(24)25)13-5-8-15(21)16(22)10-13/h3-8,10H,2,9,11H2,1H3,(H,24,25). The smallest absolute Gasteiger partial charge is 0.308 e. The molecule has 2 aromatic carbocycles. The van der Waals surface area contributed by atoms with Crippen LogP contribution in [0.3, 0.4) is 0 Å². The van der Waals surface area contributed by atoms with Crippen molar-refractivity contribution in [1.29, 1.82) is 0 Å². The molecule has 1 aromatic heterocycles. The zero-order valence-electron chi connectivity index (χ0n) is 14.5. The molecule has 0 saturated heterocycles. The van der Waals surface area contributed by atoms with Gasteiger partial charge in [0.25, 0.3) is 0 Å². The Hall–Kier alpha value is -2.44. The molecule has 0 aliphatic carbocycles. The van der Waals surface area contributed by atoms with Crippen molar-refractivity contribution in [2.24, 2.45) is 0 Å². The van der Waals surface area contributed by atoms with E-state index in [0.29, 0.717) is 27.7 Å². The maximum atomic E-state index is 13.8. The lowest BCUT2D eigenvalue weighted by Gasteiger charge is -2.04. The lowest BCUT2D eigenvalue weighted by molar-refractivity contribution is -0.136. The minimum absolute atomic E-state index is 0.0108. The minimum atomic E-state index is -0.968. The van der Waals surface area contributed by atoms with E-state index in [1.807, 2.05) is 31.2 Å². The Morgan fingerprint density at radius 3 is 2.56 bits per heavy atom. The van der Waals surface area contributed by atoms with Crippen LogP contribution in [0.2, 0.25) is 5.02 Å². The van der Waals surface area contributed by atoms with E-state index in [2.05, 4.69) is 4.98 Å². The van der Waals surface area contributed by atoms with Gasteiger partial charge in [0, 0.05) is 16.0 Å². The largest absolute Gasteiger partial charge is 0.494 e. The number of carboxylic acids is 1. The summed E-state index contributed by atoms with van der Waals surface area (Å²) in [6.45, 7) is 2.68. The molecule has 0 atom stereocenters. The zero-order chi connectivity index (χ0) is 19.4. The van der Waals surface area contributed by atoms with E-state index < -0.39 is 11.8 Å². The van der Waals surface area contributed by atoms with Crippen LogP contribution in [0, 0.1) is 5.82 Å². The van der Waals surface area contributed by atoms with Crippen molar-refractivity contribution in [1.82, 2.24) is 4.98 Å². The number of benzene rings is 2. The van der Waals surface area contributed by atoms with Gasteiger partial charge in [-0.25, -0.2) is 9.37 Å². The number of hydrogen-bond donors (Lipinski definition) is 1. The fraction of sp³-hybridized carbons (Fsp3) is 0.200. The molecule has 140 valence electrons. The summed E-state index contributed by atoms with van der Waals surface area (Å²) in [5.41, 5.74) is 1.80. The number of carboxylic acid groups (broad SMARTS) is 1. The molecule has 3 aromatic rings. The van der Waals surface area contributed by atoms with Crippen LogP contribution >= 0.6 is 22.9 Å². The second-order valence-corrected chi connectivity index (χ2v) is 7.35. The van der Waals surface area contributed by atoms with E-state index in [1.54, 1.807) is 6.07 Å². The number of halogens is 2. The molecule has 1 heterocycles. The van der Waals surface area contributed by atoms with Gasteiger partial charge in [-0.1, -0.05) is 24.6 Å². The Balaban J connectivity index is 1.98. The van der Waals surface area contributed by atoms with Gasteiger partial charge in [-0.15, -0.1) is 11.3 Å². The molecular weight excluding hydrogens is 389 g/mol. The van der Waals surface area contributed by atoms with Crippen molar-refractivity contribution >= 4 is 28.9 Å². The van der Waals surface area contributed by atoms with E-state index >= 15 is 0 Å². The van der Waals surface area contributed by atoms with E-state index in [-0.39, 0.29) is 11.4 Å². The molecule has 0 unspecified atom stereocenters. The lowest BCUT2D eigenvalue weighted by atomic mass is 10.1. The van der Waals surface area contributed by atoms with E-state index in [4.69, 9.17) is 16.3 Å². The number of hydrogen-bond acceptors (Lipinski definition) is 4. The molecule has 1 N–H and O–H groups in total. The molecule has 3 rings (SSSR count). The summed E-state index contributed by atoms with van der Waals surface area (Å²) in [7, 11) is 0. The van der Waals surface area contributed by atoms with Gasteiger partial charge in [-0.05, 0) is 42.8 Å². The molecule has 0 bridgehead atoms. The Bertz CT molecular complexity index is 956. The number of aliphatic carboxylic acids is 1. The first-order valence-corrected chi connectivity index (χ1v) is 9.57. The number of thiazole rings is 1. The van der Waals surface area contributed by atoms with Gasteiger partial charge in [0.05, 0.1) is 23.7 Å². The summed E-state index contributed by atoms with van der Waals surface area (Å²) in [6, 6.07) is 11.8. The average Bonchev–Trinajstić information content (AvgIpc) is 3.05. The normalized spacial score (nSPS) is 10.8. The van der Waals surface area contributed by atoms with Gasteiger partial charge in [0.2, 0.25) is 0 Å². The maximum absolute atomic E-state index is 13.8. The number of rotatable bonds is 7. The SMILES string of the molecule is CCCOc1ccc(-c2nc(-c3ccc(Cl)c(F)c3)c(CC(=O)O)s2)cc1. The van der Waals surface area contributed by atoms with Crippen LogP contribution in [0.1, 0.15) is 18.2 Å².